The van der Waals surface area contributed by atoms with Crippen molar-refractivity contribution < 1.29 is 34.4 Å². The second kappa shape index (κ2) is 8.82. The molecule has 0 spiro atoms. The molecule has 7 nitrogen and oxygen atoms in total. The van der Waals surface area contributed by atoms with Crippen LogP contribution >= 0.6 is 0 Å². The van der Waals surface area contributed by atoms with E-state index in [4.69, 9.17) is 9.47 Å². The van der Waals surface area contributed by atoms with Crippen LogP contribution in [0.5, 0.6) is 11.5 Å². The summed E-state index contributed by atoms with van der Waals surface area (Å²) >= 11 is 0. The quantitative estimate of drug-likeness (QED) is 0.648. The molecule has 0 amide bonds. The summed E-state index contributed by atoms with van der Waals surface area (Å²) in [6, 6.07) is 2.96. The van der Waals surface area contributed by atoms with Crippen molar-refractivity contribution in [1.29, 1.82) is 0 Å². The maximum Gasteiger partial charge on any atom is 0.342 e. The van der Waals surface area contributed by atoms with E-state index in [9.17, 15) is 24.9 Å². The monoisotopic (exact) mass is 364 g/mol. The Morgan fingerprint density at radius 3 is 2.65 bits per heavy atom. The maximum absolute atomic E-state index is 12.5. The van der Waals surface area contributed by atoms with Crippen molar-refractivity contribution in [2.45, 2.75) is 50.9 Å². The maximum atomic E-state index is 12.5. The molecule has 26 heavy (non-hydrogen) atoms. The number of hydrogen-bond donors (Lipinski definition) is 3. The van der Waals surface area contributed by atoms with Crippen molar-refractivity contribution in [1.82, 2.24) is 0 Å². The topological polar surface area (TPSA) is 113 Å². The van der Waals surface area contributed by atoms with E-state index in [0.29, 0.717) is 24.2 Å². The lowest BCUT2D eigenvalue weighted by molar-refractivity contribution is -0.128. The third-order valence-corrected chi connectivity index (χ3v) is 4.27. The number of phenols is 1. The lowest BCUT2D eigenvalue weighted by atomic mass is 9.97. The molecule has 3 N–H and O–H groups in total. The molecule has 1 aliphatic heterocycles. The molecule has 1 unspecified atom stereocenters. The van der Waals surface area contributed by atoms with Crippen LogP contribution in [0.2, 0.25) is 0 Å². The van der Waals surface area contributed by atoms with E-state index in [1.165, 1.54) is 25.3 Å². The summed E-state index contributed by atoms with van der Waals surface area (Å²) in [6.07, 6.45) is 0.556. The van der Waals surface area contributed by atoms with Gasteiger partial charge >= 0.3 is 5.97 Å². The molecule has 0 radical (unpaired) electrons. The number of carbonyl (C=O) groups is 2. The molecule has 0 saturated heterocycles. The van der Waals surface area contributed by atoms with Crippen LogP contribution in [0.25, 0.3) is 0 Å². The Bertz CT molecular complexity index is 695. The molecule has 2 rings (SSSR count). The standard InChI is InChI=1S/C19H24O7/c1-11-5-3-7-14(20)18(23)15(21)8-4-6-12-9-13(25-2)10-16(22)17(12)19(24)26-11/h3,7,9-11,15,18,21-23H,4-6,8H2,1-2H3/b7-3-/t11-,15?,18+/m0/s1. The zero-order valence-electron chi connectivity index (χ0n) is 14.8. The number of hydrogen-bond acceptors (Lipinski definition) is 7. The number of rotatable bonds is 1. The van der Waals surface area contributed by atoms with Crippen LogP contribution in [0.4, 0.5) is 0 Å². The minimum absolute atomic E-state index is 0.0600. The number of benzene rings is 1. The third kappa shape index (κ3) is 4.83. The Hall–Kier alpha value is -2.38. The Morgan fingerprint density at radius 1 is 1.23 bits per heavy atom. The number of ketones is 1. The van der Waals surface area contributed by atoms with Crippen molar-refractivity contribution in [2.24, 2.45) is 0 Å². The average Bonchev–Trinajstić information content (AvgIpc) is 2.59. The van der Waals surface area contributed by atoms with Crippen LogP contribution < -0.4 is 4.74 Å². The summed E-state index contributed by atoms with van der Waals surface area (Å²) < 4.78 is 10.5. The van der Waals surface area contributed by atoms with E-state index in [1.807, 2.05) is 0 Å². The number of aliphatic hydroxyl groups is 2. The van der Waals surface area contributed by atoms with Crippen molar-refractivity contribution >= 4 is 11.8 Å². The third-order valence-electron chi connectivity index (χ3n) is 4.27. The van der Waals surface area contributed by atoms with Crippen LogP contribution in [0.3, 0.4) is 0 Å². The van der Waals surface area contributed by atoms with Gasteiger partial charge in [0.05, 0.1) is 13.2 Å². The molecule has 0 aromatic heterocycles. The first-order valence-electron chi connectivity index (χ1n) is 8.50. The number of ether oxygens (including phenoxy) is 2. The SMILES string of the molecule is COc1cc(O)c2c(c1)CCCC(O)[C@H](O)C(=O)/C=C\C[C@H](C)OC2=O. The Kier molecular flexibility index (Phi) is 6.76. The van der Waals surface area contributed by atoms with Gasteiger partial charge in [-0.15, -0.1) is 0 Å². The molecule has 1 aromatic rings. The lowest BCUT2D eigenvalue weighted by Crippen LogP contribution is -2.33. The van der Waals surface area contributed by atoms with E-state index < -0.39 is 30.1 Å². The van der Waals surface area contributed by atoms with Gasteiger partial charge in [-0.2, -0.15) is 0 Å². The first kappa shape index (κ1) is 19.9. The predicted octanol–water partition coefficient (Wildman–Crippen LogP) is 1.52. The van der Waals surface area contributed by atoms with Crippen LogP contribution in [0, 0.1) is 0 Å². The van der Waals surface area contributed by atoms with Gasteiger partial charge in [-0.3, -0.25) is 4.79 Å². The number of aromatic hydroxyl groups is 1. The molecule has 1 heterocycles. The molecule has 0 saturated carbocycles. The molecule has 0 bridgehead atoms. The van der Waals surface area contributed by atoms with Crippen LogP contribution in [0.1, 0.15) is 42.1 Å². The number of methoxy groups -OCH3 is 1. The van der Waals surface area contributed by atoms with Crippen LogP contribution in [0.15, 0.2) is 24.3 Å². The highest BCUT2D eigenvalue weighted by Gasteiger charge is 2.25. The second-order valence-corrected chi connectivity index (χ2v) is 6.34. The van der Waals surface area contributed by atoms with Gasteiger partial charge in [0.15, 0.2) is 5.78 Å². The summed E-state index contributed by atoms with van der Waals surface area (Å²) in [5, 5.41) is 30.1. The molecule has 3 atom stereocenters. The normalized spacial score (nSPS) is 26.4. The fourth-order valence-electron chi connectivity index (χ4n) is 2.82. The Labute approximate surface area is 151 Å². The molecule has 7 heteroatoms. The molecule has 0 fully saturated rings. The molecule has 1 aliphatic rings. The minimum Gasteiger partial charge on any atom is -0.507 e. The van der Waals surface area contributed by atoms with E-state index >= 15 is 0 Å². The number of phenolic OH excluding ortho intramolecular Hbond substituents is 1. The smallest absolute Gasteiger partial charge is 0.342 e. The summed E-state index contributed by atoms with van der Waals surface area (Å²) in [5.41, 5.74) is 0.574. The number of cyclic esters (lactones) is 1. The van der Waals surface area contributed by atoms with Crippen molar-refractivity contribution in [3.05, 3.63) is 35.4 Å². The van der Waals surface area contributed by atoms with Crippen LogP contribution in [-0.4, -0.2) is 52.5 Å². The number of esters is 1. The lowest BCUT2D eigenvalue weighted by Gasteiger charge is -2.18. The Morgan fingerprint density at radius 2 is 1.96 bits per heavy atom. The van der Waals surface area contributed by atoms with Crippen molar-refractivity contribution in [2.75, 3.05) is 7.11 Å². The zero-order valence-corrected chi connectivity index (χ0v) is 14.8. The highest BCUT2D eigenvalue weighted by atomic mass is 16.5. The number of fused-ring (bicyclic) bond motifs is 1. The van der Waals surface area contributed by atoms with Gasteiger partial charge in [0.1, 0.15) is 29.3 Å². The van der Waals surface area contributed by atoms with Gasteiger partial charge < -0.3 is 24.8 Å². The minimum atomic E-state index is -1.50. The second-order valence-electron chi connectivity index (χ2n) is 6.34. The highest BCUT2D eigenvalue weighted by Crippen LogP contribution is 2.30. The van der Waals surface area contributed by atoms with E-state index in [1.54, 1.807) is 13.0 Å². The number of aryl methyl sites for hydroxylation is 1. The number of aliphatic hydroxyl groups excluding tert-OH is 2. The molecule has 0 aliphatic carbocycles. The van der Waals surface area contributed by atoms with Gasteiger partial charge in [-0.25, -0.2) is 4.79 Å². The van der Waals surface area contributed by atoms with E-state index in [0.717, 1.165) is 0 Å². The largest absolute Gasteiger partial charge is 0.507 e. The zero-order chi connectivity index (χ0) is 19.3. The van der Waals surface area contributed by atoms with Crippen molar-refractivity contribution in [3.8, 4) is 11.5 Å². The van der Waals surface area contributed by atoms with Gasteiger partial charge in [0.2, 0.25) is 0 Å². The van der Waals surface area contributed by atoms with Gasteiger partial charge in [0, 0.05) is 12.5 Å². The van der Waals surface area contributed by atoms with Gasteiger partial charge in [0.25, 0.3) is 0 Å². The van der Waals surface area contributed by atoms with E-state index in [-0.39, 0.29) is 24.2 Å². The summed E-state index contributed by atoms with van der Waals surface area (Å²) in [7, 11) is 1.45. The predicted molar refractivity (Wildman–Crippen MR) is 93.3 cm³/mol. The summed E-state index contributed by atoms with van der Waals surface area (Å²) in [4.78, 5) is 24.3. The fraction of sp³-hybridized carbons (Fsp3) is 0.474. The van der Waals surface area contributed by atoms with Crippen LogP contribution in [-0.2, 0) is 16.0 Å². The Balaban J connectivity index is 2.36. The summed E-state index contributed by atoms with van der Waals surface area (Å²) in [5.74, 6) is -1.10. The van der Waals surface area contributed by atoms with Crippen molar-refractivity contribution in [3.63, 3.8) is 0 Å². The number of carbonyl (C=O) groups excluding carboxylic acids is 2. The first-order chi connectivity index (χ1) is 12.3. The molecule has 142 valence electrons. The summed E-state index contributed by atoms with van der Waals surface area (Å²) in [6.45, 7) is 1.66. The average molecular weight is 364 g/mol. The van der Waals surface area contributed by atoms with Gasteiger partial charge in [-0.05, 0) is 43.9 Å². The molecule has 1 aromatic carbocycles. The van der Waals surface area contributed by atoms with E-state index in [2.05, 4.69) is 0 Å². The fourth-order valence-corrected chi connectivity index (χ4v) is 2.82. The first-order valence-corrected chi connectivity index (χ1v) is 8.50. The molecular weight excluding hydrogens is 340 g/mol. The van der Waals surface area contributed by atoms with Gasteiger partial charge in [-0.1, -0.05) is 6.08 Å². The highest BCUT2D eigenvalue weighted by molar-refractivity contribution is 5.95. The molecular formula is C19H24O7.